The van der Waals surface area contributed by atoms with Gasteiger partial charge in [-0.3, -0.25) is 0 Å². The molecule has 3 nitrogen and oxygen atoms in total. The van der Waals surface area contributed by atoms with Crippen LogP contribution in [0.4, 0.5) is 0 Å². The molecule has 0 aliphatic rings. The Kier molecular flexibility index (Phi) is 2.33. The molecule has 0 saturated heterocycles. The van der Waals surface area contributed by atoms with Crippen molar-refractivity contribution in [3.63, 3.8) is 0 Å². The quantitative estimate of drug-likeness (QED) is 0.559. The van der Waals surface area contributed by atoms with E-state index in [1.54, 1.807) is 0 Å². The highest BCUT2D eigenvalue weighted by molar-refractivity contribution is 5.83. The number of aryl methyl sites for hydroxylation is 1. The first kappa shape index (κ1) is 11.2. The number of H-pyrrole nitrogens is 1. The van der Waals surface area contributed by atoms with E-state index in [1.165, 1.54) is 5.56 Å². The molecule has 96 valence electrons. The van der Waals surface area contributed by atoms with Crippen LogP contribution in [0.3, 0.4) is 0 Å². The summed E-state index contributed by atoms with van der Waals surface area (Å²) in [7, 11) is 0. The number of para-hydroxylation sites is 1. The second kappa shape index (κ2) is 4.17. The molecule has 0 aliphatic heterocycles. The summed E-state index contributed by atoms with van der Waals surface area (Å²) in [6.45, 7) is 2.08. The Labute approximate surface area is 116 Å². The molecule has 0 unspecified atom stereocenters. The van der Waals surface area contributed by atoms with Gasteiger partial charge in [0.1, 0.15) is 5.69 Å². The number of nitrogens with zero attached hydrogens (tertiary/aromatic N) is 2. The summed E-state index contributed by atoms with van der Waals surface area (Å²) in [6, 6.07) is 18.4. The number of pyridine rings is 1. The third-order valence-corrected chi connectivity index (χ3v) is 3.48. The highest BCUT2D eigenvalue weighted by Gasteiger charge is 2.07. The van der Waals surface area contributed by atoms with Crippen LogP contribution in [-0.4, -0.2) is 15.0 Å². The Bertz CT molecular complexity index is 922. The van der Waals surface area contributed by atoms with Gasteiger partial charge in [0, 0.05) is 5.39 Å². The standard InChI is InChI=1S/C17H13N3/c1-11-6-8-14-16(10-11)20-17(19-14)15-9-7-12-4-2-3-5-13(12)18-15/h2-10H,1H3,(H,19,20). The molecule has 0 radical (unpaired) electrons. The molecule has 0 spiro atoms. The maximum absolute atomic E-state index is 4.67. The second-order valence-electron chi connectivity index (χ2n) is 5.00. The number of aromatic nitrogens is 3. The molecule has 3 heteroatoms. The van der Waals surface area contributed by atoms with Gasteiger partial charge in [-0.15, -0.1) is 0 Å². The number of benzene rings is 2. The summed E-state index contributed by atoms with van der Waals surface area (Å²) in [6.07, 6.45) is 0. The van der Waals surface area contributed by atoms with Gasteiger partial charge in [0.2, 0.25) is 0 Å². The number of fused-ring (bicyclic) bond motifs is 2. The van der Waals surface area contributed by atoms with Crippen molar-refractivity contribution in [3.8, 4) is 11.5 Å². The average Bonchev–Trinajstić information content (AvgIpc) is 2.89. The summed E-state index contributed by atoms with van der Waals surface area (Å²) in [5, 5.41) is 1.14. The summed E-state index contributed by atoms with van der Waals surface area (Å²) in [5.74, 6) is 0.816. The SMILES string of the molecule is Cc1ccc2nc(-c3ccc4ccccc4n3)[nH]c2c1. The van der Waals surface area contributed by atoms with E-state index in [0.717, 1.165) is 33.5 Å². The molecule has 1 N–H and O–H groups in total. The molecule has 0 atom stereocenters. The van der Waals surface area contributed by atoms with Gasteiger partial charge in [0.25, 0.3) is 0 Å². The molecule has 20 heavy (non-hydrogen) atoms. The lowest BCUT2D eigenvalue weighted by Crippen LogP contribution is -1.86. The van der Waals surface area contributed by atoms with E-state index >= 15 is 0 Å². The molecule has 0 aliphatic carbocycles. The van der Waals surface area contributed by atoms with Crippen LogP contribution < -0.4 is 0 Å². The highest BCUT2D eigenvalue weighted by Crippen LogP contribution is 2.22. The van der Waals surface area contributed by atoms with Gasteiger partial charge < -0.3 is 4.98 Å². The van der Waals surface area contributed by atoms with Crippen molar-refractivity contribution in [2.45, 2.75) is 6.92 Å². The van der Waals surface area contributed by atoms with Crippen LogP contribution in [0.15, 0.2) is 54.6 Å². The number of aromatic amines is 1. The van der Waals surface area contributed by atoms with Crippen molar-refractivity contribution in [1.29, 1.82) is 0 Å². The number of imidazole rings is 1. The van der Waals surface area contributed by atoms with Gasteiger partial charge in [-0.05, 0) is 36.8 Å². The molecule has 0 amide bonds. The molecule has 0 saturated carbocycles. The summed E-state index contributed by atoms with van der Waals surface area (Å²) in [5.41, 5.74) is 5.11. The van der Waals surface area contributed by atoms with Crippen LogP contribution >= 0.6 is 0 Å². The Hall–Kier alpha value is -2.68. The molecule has 2 aromatic heterocycles. The van der Waals surface area contributed by atoms with Gasteiger partial charge in [-0.2, -0.15) is 0 Å². The van der Waals surface area contributed by atoms with Gasteiger partial charge >= 0.3 is 0 Å². The first-order valence-electron chi connectivity index (χ1n) is 6.62. The van der Waals surface area contributed by atoms with Gasteiger partial charge in [0.05, 0.1) is 16.6 Å². The second-order valence-corrected chi connectivity index (χ2v) is 5.00. The number of rotatable bonds is 1. The predicted octanol–water partition coefficient (Wildman–Crippen LogP) is 4.09. The summed E-state index contributed by atoms with van der Waals surface area (Å²) < 4.78 is 0. The molecule has 2 aromatic carbocycles. The molecule has 0 bridgehead atoms. The van der Waals surface area contributed by atoms with E-state index in [2.05, 4.69) is 46.1 Å². The lowest BCUT2D eigenvalue weighted by Gasteiger charge is -1.99. The minimum absolute atomic E-state index is 0.816. The van der Waals surface area contributed by atoms with Crippen LogP contribution in [0.1, 0.15) is 5.56 Å². The minimum Gasteiger partial charge on any atom is -0.337 e. The number of hydrogen-bond acceptors (Lipinski definition) is 2. The fraction of sp³-hybridized carbons (Fsp3) is 0.0588. The molecule has 4 aromatic rings. The normalized spacial score (nSPS) is 11.2. The number of nitrogens with one attached hydrogen (secondary N) is 1. The van der Waals surface area contributed by atoms with Crippen LogP contribution in [0, 0.1) is 6.92 Å². The van der Waals surface area contributed by atoms with Crippen molar-refractivity contribution in [3.05, 3.63) is 60.2 Å². The van der Waals surface area contributed by atoms with E-state index in [-0.39, 0.29) is 0 Å². The van der Waals surface area contributed by atoms with Gasteiger partial charge in [-0.1, -0.05) is 30.3 Å². The first-order valence-corrected chi connectivity index (χ1v) is 6.62. The number of hydrogen-bond donors (Lipinski definition) is 1. The first-order chi connectivity index (χ1) is 9.79. The van der Waals surface area contributed by atoms with E-state index in [0.29, 0.717) is 0 Å². The zero-order valence-electron chi connectivity index (χ0n) is 11.1. The minimum atomic E-state index is 0.816. The van der Waals surface area contributed by atoms with Crippen molar-refractivity contribution in [1.82, 2.24) is 15.0 Å². The van der Waals surface area contributed by atoms with Crippen LogP contribution in [0.25, 0.3) is 33.5 Å². The van der Waals surface area contributed by atoms with E-state index in [9.17, 15) is 0 Å². The van der Waals surface area contributed by atoms with Crippen molar-refractivity contribution in [2.75, 3.05) is 0 Å². The highest BCUT2D eigenvalue weighted by atomic mass is 14.9. The lowest BCUT2D eigenvalue weighted by molar-refractivity contribution is 1.27. The fourth-order valence-corrected chi connectivity index (χ4v) is 2.44. The smallest absolute Gasteiger partial charge is 0.157 e. The Morgan fingerprint density at radius 1 is 0.850 bits per heavy atom. The monoisotopic (exact) mass is 259 g/mol. The van der Waals surface area contributed by atoms with E-state index < -0.39 is 0 Å². The largest absolute Gasteiger partial charge is 0.337 e. The average molecular weight is 259 g/mol. The van der Waals surface area contributed by atoms with Crippen LogP contribution in [0.5, 0.6) is 0 Å². The summed E-state index contributed by atoms with van der Waals surface area (Å²) in [4.78, 5) is 12.6. The fourth-order valence-electron chi connectivity index (χ4n) is 2.44. The molecular weight excluding hydrogens is 246 g/mol. The lowest BCUT2D eigenvalue weighted by atomic mass is 10.2. The van der Waals surface area contributed by atoms with E-state index in [1.807, 2.05) is 30.3 Å². The zero-order valence-corrected chi connectivity index (χ0v) is 11.1. The van der Waals surface area contributed by atoms with Gasteiger partial charge in [0.15, 0.2) is 5.82 Å². The van der Waals surface area contributed by atoms with E-state index in [4.69, 9.17) is 0 Å². The molecule has 2 heterocycles. The Morgan fingerprint density at radius 2 is 1.75 bits per heavy atom. The topological polar surface area (TPSA) is 41.6 Å². The third kappa shape index (κ3) is 1.75. The zero-order chi connectivity index (χ0) is 13.5. The van der Waals surface area contributed by atoms with Crippen LogP contribution in [0.2, 0.25) is 0 Å². The Balaban J connectivity index is 1.91. The van der Waals surface area contributed by atoms with Crippen LogP contribution in [-0.2, 0) is 0 Å². The predicted molar refractivity (Wildman–Crippen MR) is 81.6 cm³/mol. The maximum Gasteiger partial charge on any atom is 0.157 e. The summed E-state index contributed by atoms with van der Waals surface area (Å²) >= 11 is 0. The molecular formula is C17H13N3. The Morgan fingerprint density at radius 3 is 2.70 bits per heavy atom. The third-order valence-electron chi connectivity index (χ3n) is 3.48. The molecule has 4 rings (SSSR count). The van der Waals surface area contributed by atoms with Crippen molar-refractivity contribution < 1.29 is 0 Å². The molecule has 0 fully saturated rings. The van der Waals surface area contributed by atoms with Crippen molar-refractivity contribution in [2.24, 2.45) is 0 Å². The van der Waals surface area contributed by atoms with Crippen molar-refractivity contribution >= 4 is 21.9 Å². The maximum atomic E-state index is 4.67. The van der Waals surface area contributed by atoms with Gasteiger partial charge in [-0.25, -0.2) is 9.97 Å².